The molecule has 1 saturated carbocycles. The second-order valence-corrected chi connectivity index (χ2v) is 8.29. The molecule has 1 aliphatic rings. The standard InChI is InChI=1S/C20H23FN2O4S/c1-28(26)17-4-2-3-16(10-17)27-20-18(9-14(21)11-22-20)19(25)23-15-7-5-13(12-24)6-8-15/h2-4,9-11,13,15,24H,5-8,12H2,1H3,(H,23,25). The van der Waals surface area contributed by atoms with Crippen LogP contribution in [0.25, 0.3) is 0 Å². The van der Waals surface area contributed by atoms with Gasteiger partial charge in [0.1, 0.15) is 17.1 Å². The number of hydrogen-bond donors (Lipinski definition) is 2. The molecule has 28 heavy (non-hydrogen) atoms. The Morgan fingerprint density at radius 3 is 2.75 bits per heavy atom. The van der Waals surface area contributed by atoms with Crippen LogP contribution in [0.3, 0.4) is 0 Å². The third kappa shape index (κ3) is 5.14. The number of aliphatic hydroxyl groups excluding tert-OH is 1. The largest absolute Gasteiger partial charge is 0.438 e. The first-order valence-corrected chi connectivity index (χ1v) is 10.7. The number of carbonyl (C=O) groups excluding carboxylic acids is 1. The van der Waals surface area contributed by atoms with E-state index in [1.807, 2.05) is 0 Å². The number of nitrogens with zero attached hydrogens (tertiary/aromatic N) is 1. The summed E-state index contributed by atoms with van der Waals surface area (Å²) in [6.07, 6.45) is 5.75. The Morgan fingerprint density at radius 1 is 1.32 bits per heavy atom. The highest BCUT2D eigenvalue weighted by Crippen LogP contribution is 2.27. The van der Waals surface area contributed by atoms with Gasteiger partial charge in [-0.05, 0) is 55.9 Å². The third-order valence-corrected chi connectivity index (χ3v) is 5.77. The van der Waals surface area contributed by atoms with Crippen LogP contribution in [0.2, 0.25) is 0 Å². The first kappa shape index (κ1) is 20.4. The number of pyridine rings is 1. The van der Waals surface area contributed by atoms with Crippen LogP contribution in [0.1, 0.15) is 36.0 Å². The fourth-order valence-corrected chi connectivity index (χ4v) is 3.80. The highest BCUT2D eigenvalue weighted by Gasteiger charge is 2.24. The van der Waals surface area contributed by atoms with Crippen molar-refractivity contribution in [2.75, 3.05) is 12.9 Å². The molecule has 1 aromatic carbocycles. The number of nitrogens with one attached hydrogen (secondary N) is 1. The van der Waals surface area contributed by atoms with Crippen LogP contribution < -0.4 is 10.1 Å². The van der Waals surface area contributed by atoms with Gasteiger partial charge in [0.05, 0.1) is 6.20 Å². The average molecular weight is 406 g/mol. The summed E-state index contributed by atoms with van der Waals surface area (Å²) in [5.41, 5.74) is 0.00676. The maximum absolute atomic E-state index is 13.7. The Labute approximate surface area is 165 Å². The molecular weight excluding hydrogens is 383 g/mol. The minimum atomic E-state index is -1.18. The second kappa shape index (κ2) is 9.25. The molecule has 1 fully saturated rings. The minimum Gasteiger partial charge on any atom is -0.438 e. The van der Waals surface area contributed by atoms with Crippen molar-refractivity contribution in [3.05, 3.63) is 47.9 Å². The summed E-state index contributed by atoms with van der Waals surface area (Å²) >= 11 is 0. The van der Waals surface area contributed by atoms with E-state index in [0.717, 1.165) is 37.9 Å². The van der Waals surface area contributed by atoms with Gasteiger partial charge in [0, 0.05) is 34.6 Å². The average Bonchev–Trinajstić information content (AvgIpc) is 2.70. The van der Waals surface area contributed by atoms with Crippen LogP contribution in [-0.4, -0.2) is 39.1 Å². The zero-order chi connectivity index (χ0) is 20.1. The maximum Gasteiger partial charge on any atom is 0.257 e. The van der Waals surface area contributed by atoms with Crippen molar-refractivity contribution >= 4 is 16.7 Å². The molecule has 2 aromatic rings. The number of aromatic nitrogens is 1. The lowest BCUT2D eigenvalue weighted by atomic mass is 9.86. The Balaban J connectivity index is 1.76. The number of ether oxygens (including phenoxy) is 1. The van der Waals surface area contributed by atoms with Gasteiger partial charge < -0.3 is 15.2 Å². The van der Waals surface area contributed by atoms with Gasteiger partial charge in [0.15, 0.2) is 0 Å². The molecule has 0 radical (unpaired) electrons. The van der Waals surface area contributed by atoms with Gasteiger partial charge in [-0.3, -0.25) is 9.00 Å². The number of rotatable bonds is 6. The Bertz CT molecular complexity index is 869. The molecule has 1 aromatic heterocycles. The predicted molar refractivity (Wildman–Crippen MR) is 103 cm³/mol. The van der Waals surface area contributed by atoms with Gasteiger partial charge in [-0.15, -0.1) is 0 Å². The Kier molecular flexibility index (Phi) is 6.74. The number of hydrogen-bond acceptors (Lipinski definition) is 5. The van der Waals surface area contributed by atoms with E-state index in [1.54, 1.807) is 30.5 Å². The van der Waals surface area contributed by atoms with Crippen molar-refractivity contribution in [2.45, 2.75) is 36.6 Å². The highest BCUT2D eigenvalue weighted by atomic mass is 32.2. The first-order chi connectivity index (χ1) is 13.5. The smallest absolute Gasteiger partial charge is 0.257 e. The van der Waals surface area contributed by atoms with Crippen LogP contribution >= 0.6 is 0 Å². The summed E-state index contributed by atoms with van der Waals surface area (Å²) in [4.78, 5) is 17.2. The molecule has 0 spiro atoms. The van der Waals surface area contributed by atoms with E-state index >= 15 is 0 Å². The van der Waals surface area contributed by atoms with E-state index in [2.05, 4.69) is 10.3 Å². The molecular formula is C20H23FN2O4S. The van der Waals surface area contributed by atoms with Crippen molar-refractivity contribution in [3.8, 4) is 11.6 Å². The number of amides is 1. The lowest BCUT2D eigenvalue weighted by Gasteiger charge is -2.28. The lowest BCUT2D eigenvalue weighted by molar-refractivity contribution is 0.0910. The second-order valence-electron chi connectivity index (χ2n) is 6.91. The van der Waals surface area contributed by atoms with Gasteiger partial charge in [0.25, 0.3) is 5.91 Å². The normalized spacial score (nSPS) is 20.4. The number of benzene rings is 1. The van der Waals surface area contributed by atoms with Crippen LogP contribution in [0, 0.1) is 11.7 Å². The SMILES string of the molecule is CS(=O)c1cccc(Oc2ncc(F)cc2C(=O)NC2CCC(CO)CC2)c1. The maximum atomic E-state index is 13.7. The summed E-state index contributed by atoms with van der Waals surface area (Å²) in [6, 6.07) is 7.71. The van der Waals surface area contributed by atoms with Crippen LogP contribution in [0.15, 0.2) is 41.4 Å². The molecule has 6 nitrogen and oxygen atoms in total. The summed E-state index contributed by atoms with van der Waals surface area (Å²) in [7, 11) is -1.18. The van der Waals surface area contributed by atoms with Gasteiger partial charge in [-0.25, -0.2) is 9.37 Å². The fourth-order valence-electron chi connectivity index (χ4n) is 3.25. The molecule has 2 N–H and O–H groups in total. The zero-order valence-electron chi connectivity index (χ0n) is 15.6. The lowest BCUT2D eigenvalue weighted by Crippen LogP contribution is -2.38. The van der Waals surface area contributed by atoms with Crippen molar-refractivity contribution in [1.29, 1.82) is 0 Å². The number of halogens is 1. The van der Waals surface area contributed by atoms with E-state index in [9.17, 15) is 18.5 Å². The van der Waals surface area contributed by atoms with Crippen molar-refractivity contribution in [2.24, 2.45) is 5.92 Å². The van der Waals surface area contributed by atoms with Crippen molar-refractivity contribution < 1.29 is 23.2 Å². The molecule has 1 heterocycles. The third-order valence-electron chi connectivity index (χ3n) is 4.85. The molecule has 1 atom stereocenters. The van der Waals surface area contributed by atoms with E-state index in [4.69, 9.17) is 4.74 Å². The molecule has 1 unspecified atom stereocenters. The van der Waals surface area contributed by atoms with Gasteiger partial charge >= 0.3 is 0 Å². The molecule has 8 heteroatoms. The zero-order valence-corrected chi connectivity index (χ0v) is 16.4. The van der Waals surface area contributed by atoms with Gasteiger partial charge in [-0.2, -0.15) is 0 Å². The quantitative estimate of drug-likeness (QED) is 0.770. The van der Waals surface area contributed by atoms with Crippen LogP contribution in [0.4, 0.5) is 4.39 Å². The van der Waals surface area contributed by atoms with E-state index in [0.29, 0.717) is 10.6 Å². The topological polar surface area (TPSA) is 88.5 Å². The molecule has 0 aliphatic heterocycles. The van der Waals surface area contributed by atoms with Gasteiger partial charge in [-0.1, -0.05) is 6.07 Å². The summed E-state index contributed by atoms with van der Waals surface area (Å²) in [5.74, 6) is -0.458. The minimum absolute atomic E-state index is 0.00676. The summed E-state index contributed by atoms with van der Waals surface area (Å²) in [5, 5.41) is 12.1. The van der Waals surface area contributed by atoms with E-state index in [-0.39, 0.29) is 30.0 Å². The molecule has 150 valence electrons. The first-order valence-electron chi connectivity index (χ1n) is 9.15. The predicted octanol–water partition coefficient (Wildman–Crippen LogP) is 3.03. The number of aliphatic hydroxyl groups is 1. The Hall–Kier alpha value is -2.32. The molecule has 3 rings (SSSR count). The van der Waals surface area contributed by atoms with E-state index < -0.39 is 22.5 Å². The molecule has 1 amide bonds. The Morgan fingerprint density at radius 2 is 2.07 bits per heavy atom. The summed E-state index contributed by atoms with van der Waals surface area (Å²) < 4.78 is 31.1. The van der Waals surface area contributed by atoms with Gasteiger partial charge in [0.2, 0.25) is 5.88 Å². The van der Waals surface area contributed by atoms with Crippen LogP contribution in [-0.2, 0) is 10.8 Å². The fraction of sp³-hybridized carbons (Fsp3) is 0.400. The van der Waals surface area contributed by atoms with Crippen molar-refractivity contribution in [1.82, 2.24) is 10.3 Å². The summed E-state index contributed by atoms with van der Waals surface area (Å²) in [6.45, 7) is 0.161. The molecule has 0 bridgehead atoms. The van der Waals surface area contributed by atoms with Crippen molar-refractivity contribution in [3.63, 3.8) is 0 Å². The molecule has 1 aliphatic carbocycles. The number of carbonyl (C=O) groups is 1. The molecule has 0 saturated heterocycles. The monoisotopic (exact) mass is 406 g/mol. The highest BCUT2D eigenvalue weighted by molar-refractivity contribution is 7.84. The van der Waals surface area contributed by atoms with E-state index in [1.165, 1.54) is 0 Å². The van der Waals surface area contributed by atoms with Crippen LogP contribution in [0.5, 0.6) is 11.6 Å².